The summed E-state index contributed by atoms with van der Waals surface area (Å²) in [5, 5.41) is 0. The second kappa shape index (κ2) is 5.15. The van der Waals surface area contributed by atoms with Crippen molar-refractivity contribution in [3.8, 4) is 22.4 Å². The second-order valence-electron chi connectivity index (χ2n) is 5.14. The van der Waals surface area contributed by atoms with Crippen LogP contribution in [0.4, 0.5) is 4.39 Å². The summed E-state index contributed by atoms with van der Waals surface area (Å²) in [6.45, 7) is 0.646. The first-order chi connectivity index (χ1) is 10.8. The van der Waals surface area contributed by atoms with Crippen LogP contribution in [0.5, 0.6) is 0 Å². The third-order valence-corrected chi connectivity index (χ3v) is 3.71. The number of hydrogen-bond acceptors (Lipinski definition) is 3. The highest BCUT2D eigenvalue weighted by Crippen LogP contribution is 2.31. The molecule has 3 nitrogen and oxygen atoms in total. The Labute approximate surface area is 127 Å². The average molecular weight is 289 g/mol. The van der Waals surface area contributed by atoms with Crippen LogP contribution < -0.4 is 0 Å². The van der Waals surface area contributed by atoms with Gasteiger partial charge in [0.25, 0.3) is 0 Å². The van der Waals surface area contributed by atoms with Crippen molar-refractivity contribution in [3.63, 3.8) is 0 Å². The maximum atomic E-state index is 13.1. The Kier molecular flexibility index (Phi) is 3.00. The van der Waals surface area contributed by atoms with Crippen molar-refractivity contribution in [1.82, 2.24) is 9.97 Å². The molecule has 22 heavy (non-hydrogen) atoms. The molecule has 0 bridgehead atoms. The lowest BCUT2D eigenvalue weighted by molar-refractivity contribution is 0.628. The SMILES string of the molecule is Fc1ccc(-c2ncccc2-c2cnc3c(c2)C=NC3)cc1. The van der Waals surface area contributed by atoms with Gasteiger partial charge in [0, 0.05) is 40.9 Å². The van der Waals surface area contributed by atoms with Crippen LogP contribution in [0.2, 0.25) is 0 Å². The molecule has 4 rings (SSSR count). The second-order valence-corrected chi connectivity index (χ2v) is 5.14. The van der Waals surface area contributed by atoms with Gasteiger partial charge in [-0.15, -0.1) is 0 Å². The first-order valence-electron chi connectivity index (χ1n) is 7.01. The zero-order valence-corrected chi connectivity index (χ0v) is 11.7. The number of fused-ring (bicyclic) bond motifs is 1. The zero-order valence-electron chi connectivity index (χ0n) is 11.7. The minimum absolute atomic E-state index is 0.253. The van der Waals surface area contributed by atoms with E-state index in [-0.39, 0.29) is 5.82 Å². The molecule has 0 amide bonds. The molecule has 3 aromatic rings. The summed E-state index contributed by atoms with van der Waals surface area (Å²) in [4.78, 5) is 13.2. The highest BCUT2D eigenvalue weighted by molar-refractivity contribution is 5.88. The number of rotatable bonds is 2. The van der Waals surface area contributed by atoms with Crippen LogP contribution in [0.3, 0.4) is 0 Å². The third-order valence-electron chi connectivity index (χ3n) is 3.71. The molecule has 2 aromatic heterocycles. The maximum Gasteiger partial charge on any atom is 0.123 e. The van der Waals surface area contributed by atoms with E-state index in [1.165, 1.54) is 12.1 Å². The summed E-state index contributed by atoms with van der Waals surface area (Å²) >= 11 is 0. The lowest BCUT2D eigenvalue weighted by Gasteiger charge is -2.09. The third kappa shape index (κ3) is 2.19. The van der Waals surface area contributed by atoms with Gasteiger partial charge in [0.1, 0.15) is 5.82 Å². The molecule has 0 unspecified atom stereocenters. The van der Waals surface area contributed by atoms with Gasteiger partial charge in [-0.1, -0.05) is 6.07 Å². The molecule has 1 aliphatic rings. The first kappa shape index (κ1) is 12.8. The highest BCUT2D eigenvalue weighted by atomic mass is 19.1. The number of halogens is 1. The molecule has 0 N–H and O–H groups in total. The van der Waals surface area contributed by atoms with Crippen LogP contribution in [0.1, 0.15) is 11.3 Å². The van der Waals surface area contributed by atoms with Gasteiger partial charge in [0.15, 0.2) is 0 Å². The van der Waals surface area contributed by atoms with Crippen molar-refractivity contribution in [2.45, 2.75) is 6.54 Å². The molecule has 0 radical (unpaired) electrons. The summed E-state index contributed by atoms with van der Waals surface area (Å²) in [6.07, 6.45) is 5.43. The van der Waals surface area contributed by atoms with Gasteiger partial charge in [-0.3, -0.25) is 15.0 Å². The molecule has 1 aliphatic heterocycles. The lowest BCUT2D eigenvalue weighted by atomic mass is 9.99. The number of pyridine rings is 2. The highest BCUT2D eigenvalue weighted by Gasteiger charge is 2.13. The number of benzene rings is 1. The van der Waals surface area contributed by atoms with Gasteiger partial charge in [0.2, 0.25) is 0 Å². The Morgan fingerprint density at radius 3 is 2.68 bits per heavy atom. The molecule has 106 valence electrons. The smallest absolute Gasteiger partial charge is 0.123 e. The predicted octanol–water partition coefficient (Wildman–Crippen LogP) is 3.88. The van der Waals surface area contributed by atoms with Crippen molar-refractivity contribution in [1.29, 1.82) is 0 Å². The molecule has 0 fully saturated rings. The standard InChI is InChI=1S/C18H12FN3/c19-15-5-3-12(4-6-15)18-16(2-1-7-21-18)13-8-14-9-20-11-17(14)22-10-13/h1-10H,11H2. The molecule has 0 aliphatic carbocycles. The van der Waals surface area contributed by atoms with Crippen LogP contribution in [-0.4, -0.2) is 16.2 Å². The number of aromatic nitrogens is 2. The molecule has 0 saturated heterocycles. The van der Waals surface area contributed by atoms with Gasteiger partial charge in [-0.05, 0) is 36.4 Å². The average Bonchev–Trinajstić information content (AvgIpc) is 3.03. The van der Waals surface area contributed by atoms with Crippen LogP contribution in [-0.2, 0) is 6.54 Å². The van der Waals surface area contributed by atoms with Crippen molar-refractivity contribution in [3.05, 3.63) is 71.9 Å². The van der Waals surface area contributed by atoms with Crippen LogP contribution in [0.25, 0.3) is 22.4 Å². The van der Waals surface area contributed by atoms with E-state index in [0.29, 0.717) is 6.54 Å². The normalized spacial score (nSPS) is 12.4. The van der Waals surface area contributed by atoms with E-state index in [4.69, 9.17) is 0 Å². The first-order valence-corrected chi connectivity index (χ1v) is 7.01. The van der Waals surface area contributed by atoms with E-state index in [0.717, 1.165) is 33.6 Å². The van der Waals surface area contributed by atoms with Gasteiger partial charge in [-0.25, -0.2) is 4.39 Å². The van der Waals surface area contributed by atoms with E-state index in [2.05, 4.69) is 21.0 Å². The van der Waals surface area contributed by atoms with Crippen molar-refractivity contribution < 1.29 is 4.39 Å². The number of nitrogens with zero attached hydrogens (tertiary/aromatic N) is 3. The van der Waals surface area contributed by atoms with E-state index < -0.39 is 0 Å². The Morgan fingerprint density at radius 2 is 1.82 bits per heavy atom. The zero-order chi connectivity index (χ0) is 14.9. The van der Waals surface area contributed by atoms with E-state index >= 15 is 0 Å². The van der Waals surface area contributed by atoms with Gasteiger partial charge < -0.3 is 0 Å². The molecule has 0 saturated carbocycles. The van der Waals surface area contributed by atoms with Crippen LogP contribution in [0.15, 0.2) is 59.9 Å². The van der Waals surface area contributed by atoms with Gasteiger partial charge >= 0.3 is 0 Å². The summed E-state index contributed by atoms with van der Waals surface area (Å²) in [7, 11) is 0. The maximum absolute atomic E-state index is 13.1. The van der Waals surface area contributed by atoms with Crippen molar-refractivity contribution in [2.75, 3.05) is 0 Å². The minimum Gasteiger partial charge on any atom is -0.286 e. The molecular weight excluding hydrogens is 277 g/mol. The van der Waals surface area contributed by atoms with Crippen molar-refractivity contribution >= 4 is 6.21 Å². The summed E-state index contributed by atoms with van der Waals surface area (Å²) < 4.78 is 13.1. The Balaban J connectivity index is 1.86. The molecular formula is C18H12FN3. The molecule has 4 heteroatoms. The van der Waals surface area contributed by atoms with Gasteiger partial charge in [-0.2, -0.15) is 0 Å². The Bertz CT molecular complexity index is 870. The number of aliphatic imine (C=N–C) groups is 1. The number of hydrogen-bond donors (Lipinski definition) is 0. The monoisotopic (exact) mass is 289 g/mol. The molecule has 1 aromatic carbocycles. The van der Waals surface area contributed by atoms with Crippen LogP contribution >= 0.6 is 0 Å². The fourth-order valence-electron chi connectivity index (χ4n) is 2.61. The van der Waals surface area contributed by atoms with Crippen molar-refractivity contribution in [2.24, 2.45) is 4.99 Å². The molecule has 0 atom stereocenters. The Morgan fingerprint density at radius 1 is 0.955 bits per heavy atom. The van der Waals surface area contributed by atoms with Crippen LogP contribution in [0, 0.1) is 5.82 Å². The predicted molar refractivity (Wildman–Crippen MR) is 84.2 cm³/mol. The Hall–Kier alpha value is -2.88. The topological polar surface area (TPSA) is 38.1 Å². The largest absolute Gasteiger partial charge is 0.286 e. The molecule has 3 heterocycles. The summed E-state index contributed by atoms with van der Waals surface area (Å²) in [6, 6.07) is 12.3. The quantitative estimate of drug-likeness (QED) is 0.718. The lowest BCUT2D eigenvalue weighted by Crippen LogP contribution is -1.94. The summed E-state index contributed by atoms with van der Waals surface area (Å²) in [5.41, 5.74) is 5.71. The van der Waals surface area contributed by atoms with Gasteiger partial charge in [0.05, 0.1) is 17.9 Å². The molecule has 0 spiro atoms. The fraction of sp³-hybridized carbons (Fsp3) is 0.0556. The van der Waals surface area contributed by atoms with E-state index in [1.807, 2.05) is 24.5 Å². The fourth-order valence-corrected chi connectivity index (χ4v) is 2.61. The van der Waals surface area contributed by atoms with E-state index in [1.54, 1.807) is 18.3 Å². The summed E-state index contributed by atoms with van der Waals surface area (Å²) in [5.74, 6) is -0.253. The van der Waals surface area contributed by atoms with E-state index in [9.17, 15) is 4.39 Å². The minimum atomic E-state index is -0.253.